The van der Waals surface area contributed by atoms with Gasteiger partial charge in [0.05, 0.1) is 7.11 Å². The molecule has 0 aromatic heterocycles. The summed E-state index contributed by atoms with van der Waals surface area (Å²) in [5, 5.41) is 0. The maximum absolute atomic E-state index is 6.04. The van der Waals surface area contributed by atoms with Crippen LogP contribution in [0.4, 0.5) is 0 Å². The number of rotatable bonds is 5. The van der Waals surface area contributed by atoms with E-state index in [9.17, 15) is 0 Å². The first-order valence-corrected chi connectivity index (χ1v) is 7.70. The lowest BCUT2D eigenvalue weighted by molar-refractivity contribution is 0.0828. The Morgan fingerprint density at radius 1 is 1.35 bits per heavy atom. The van der Waals surface area contributed by atoms with E-state index in [1.807, 2.05) is 6.07 Å². The highest BCUT2D eigenvalue weighted by atomic mass is 16.5. The van der Waals surface area contributed by atoms with Crippen molar-refractivity contribution in [2.24, 2.45) is 11.1 Å². The SMILES string of the molecule is CCC1(C)CCN(C(CN)c2cccc(OC)c2)CC1. The first-order chi connectivity index (χ1) is 9.61. The molecular formula is C17H28N2O. The van der Waals surface area contributed by atoms with Crippen LogP contribution in [-0.4, -0.2) is 31.6 Å². The number of ether oxygens (including phenoxy) is 1. The van der Waals surface area contributed by atoms with Crippen molar-refractivity contribution in [3.8, 4) is 5.75 Å². The third-order valence-corrected chi connectivity index (χ3v) is 5.00. The molecule has 0 spiro atoms. The van der Waals surface area contributed by atoms with E-state index in [1.54, 1.807) is 7.11 Å². The monoisotopic (exact) mass is 276 g/mol. The number of hydrogen-bond acceptors (Lipinski definition) is 3. The van der Waals surface area contributed by atoms with E-state index in [-0.39, 0.29) is 0 Å². The number of likely N-dealkylation sites (tertiary alicyclic amines) is 1. The molecule has 0 bridgehead atoms. The molecule has 1 atom stereocenters. The van der Waals surface area contributed by atoms with Gasteiger partial charge >= 0.3 is 0 Å². The van der Waals surface area contributed by atoms with Crippen LogP contribution in [0.2, 0.25) is 0 Å². The average molecular weight is 276 g/mol. The molecule has 1 aliphatic rings. The lowest BCUT2D eigenvalue weighted by Gasteiger charge is -2.42. The van der Waals surface area contributed by atoms with Crippen molar-refractivity contribution in [2.45, 2.75) is 39.2 Å². The zero-order valence-electron chi connectivity index (χ0n) is 13.1. The Kier molecular flexibility index (Phi) is 5.06. The van der Waals surface area contributed by atoms with E-state index in [1.165, 1.54) is 24.8 Å². The van der Waals surface area contributed by atoms with Crippen LogP contribution >= 0.6 is 0 Å². The zero-order chi connectivity index (χ0) is 14.6. The summed E-state index contributed by atoms with van der Waals surface area (Å²) >= 11 is 0. The van der Waals surface area contributed by atoms with Gasteiger partial charge in [0.2, 0.25) is 0 Å². The fourth-order valence-corrected chi connectivity index (χ4v) is 3.07. The van der Waals surface area contributed by atoms with Gasteiger partial charge in [0, 0.05) is 12.6 Å². The maximum atomic E-state index is 6.04. The van der Waals surface area contributed by atoms with Crippen LogP contribution in [0.25, 0.3) is 0 Å². The number of piperidine rings is 1. The highest BCUT2D eigenvalue weighted by molar-refractivity contribution is 5.30. The Labute approximate surface area is 123 Å². The van der Waals surface area contributed by atoms with Gasteiger partial charge in [0.15, 0.2) is 0 Å². The van der Waals surface area contributed by atoms with Gasteiger partial charge < -0.3 is 10.5 Å². The third kappa shape index (κ3) is 3.33. The molecule has 1 aromatic rings. The number of nitrogens with two attached hydrogens (primary N) is 1. The second kappa shape index (κ2) is 6.59. The molecule has 1 aliphatic heterocycles. The summed E-state index contributed by atoms with van der Waals surface area (Å²) in [5.41, 5.74) is 7.83. The van der Waals surface area contributed by atoms with Gasteiger partial charge in [0.1, 0.15) is 5.75 Å². The molecule has 1 fully saturated rings. The molecule has 2 N–H and O–H groups in total. The lowest BCUT2D eigenvalue weighted by Crippen LogP contribution is -2.42. The third-order valence-electron chi connectivity index (χ3n) is 5.00. The van der Waals surface area contributed by atoms with Crippen molar-refractivity contribution in [1.29, 1.82) is 0 Å². The Hall–Kier alpha value is -1.06. The molecule has 1 heterocycles. The van der Waals surface area contributed by atoms with Gasteiger partial charge in [0.25, 0.3) is 0 Å². The van der Waals surface area contributed by atoms with Crippen LogP contribution in [0, 0.1) is 5.41 Å². The molecule has 1 aromatic carbocycles. The van der Waals surface area contributed by atoms with E-state index in [0.29, 0.717) is 18.0 Å². The standard InChI is InChI=1S/C17H28N2O/c1-4-17(2)8-10-19(11-9-17)16(13-18)14-6-5-7-15(12-14)20-3/h5-7,12,16H,4,8-11,13,18H2,1-3H3. The summed E-state index contributed by atoms with van der Waals surface area (Å²) in [5.74, 6) is 0.913. The van der Waals surface area contributed by atoms with Crippen molar-refractivity contribution >= 4 is 0 Å². The fourth-order valence-electron chi connectivity index (χ4n) is 3.07. The Balaban J connectivity index is 2.09. The van der Waals surface area contributed by atoms with Crippen molar-refractivity contribution in [3.05, 3.63) is 29.8 Å². The van der Waals surface area contributed by atoms with E-state index in [2.05, 4.69) is 36.9 Å². The summed E-state index contributed by atoms with van der Waals surface area (Å²) in [7, 11) is 1.71. The molecular weight excluding hydrogens is 248 g/mol. The van der Waals surface area contributed by atoms with E-state index >= 15 is 0 Å². The first-order valence-electron chi connectivity index (χ1n) is 7.70. The number of nitrogens with zero attached hydrogens (tertiary/aromatic N) is 1. The zero-order valence-corrected chi connectivity index (χ0v) is 13.1. The van der Waals surface area contributed by atoms with Crippen molar-refractivity contribution in [1.82, 2.24) is 4.90 Å². The molecule has 1 unspecified atom stereocenters. The highest BCUT2D eigenvalue weighted by Crippen LogP contribution is 2.37. The highest BCUT2D eigenvalue weighted by Gasteiger charge is 2.31. The Morgan fingerprint density at radius 2 is 2.05 bits per heavy atom. The first kappa shape index (κ1) is 15.3. The number of hydrogen-bond donors (Lipinski definition) is 1. The molecule has 112 valence electrons. The van der Waals surface area contributed by atoms with Crippen molar-refractivity contribution in [2.75, 3.05) is 26.7 Å². The molecule has 2 rings (SSSR count). The summed E-state index contributed by atoms with van der Waals surface area (Å²) in [4.78, 5) is 2.53. The molecule has 0 saturated carbocycles. The van der Waals surface area contributed by atoms with Crippen molar-refractivity contribution in [3.63, 3.8) is 0 Å². The Bertz CT molecular complexity index is 425. The summed E-state index contributed by atoms with van der Waals surface area (Å²) in [6, 6.07) is 8.63. The maximum Gasteiger partial charge on any atom is 0.119 e. The molecule has 3 heteroatoms. The van der Waals surface area contributed by atoms with Crippen LogP contribution in [0.5, 0.6) is 5.75 Å². The predicted octanol–water partition coefficient (Wildman–Crippen LogP) is 3.21. The van der Waals surface area contributed by atoms with Crippen LogP contribution < -0.4 is 10.5 Å². The second-order valence-corrected chi connectivity index (χ2v) is 6.23. The van der Waals surface area contributed by atoms with Gasteiger partial charge in [-0.15, -0.1) is 0 Å². The topological polar surface area (TPSA) is 38.5 Å². The summed E-state index contributed by atoms with van der Waals surface area (Å²) < 4.78 is 5.33. The lowest BCUT2D eigenvalue weighted by atomic mass is 9.78. The summed E-state index contributed by atoms with van der Waals surface area (Å²) in [6.45, 7) is 7.66. The van der Waals surface area contributed by atoms with Crippen molar-refractivity contribution < 1.29 is 4.74 Å². The van der Waals surface area contributed by atoms with Crippen LogP contribution in [0.1, 0.15) is 44.7 Å². The average Bonchev–Trinajstić information content (AvgIpc) is 2.50. The van der Waals surface area contributed by atoms with Gasteiger partial charge in [-0.3, -0.25) is 4.90 Å². The van der Waals surface area contributed by atoms with Gasteiger partial charge in [-0.25, -0.2) is 0 Å². The van der Waals surface area contributed by atoms with E-state index < -0.39 is 0 Å². The van der Waals surface area contributed by atoms with Crippen LogP contribution in [-0.2, 0) is 0 Å². The minimum absolute atomic E-state index is 0.312. The second-order valence-electron chi connectivity index (χ2n) is 6.23. The molecule has 3 nitrogen and oxygen atoms in total. The molecule has 1 saturated heterocycles. The number of methoxy groups -OCH3 is 1. The summed E-state index contributed by atoms with van der Waals surface area (Å²) in [6.07, 6.45) is 3.81. The minimum Gasteiger partial charge on any atom is -0.497 e. The molecule has 20 heavy (non-hydrogen) atoms. The van der Waals surface area contributed by atoms with Crippen LogP contribution in [0.3, 0.4) is 0 Å². The molecule has 0 amide bonds. The fraction of sp³-hybridized carbons (Fsp3) is 0.647. The van der Waals surface area contributed by atoms with E-state index in [4.69, 9.17) is 10.5 Å². The predicted molar refractivity (Wildman–Crippen MR) is 84.0 cm³/mol. The van der Waals surface area contributed by atoms with Gasteiger partial charge in [-0.1, -0.05) is 32.4 Å². The largest absolute Gasteiger partial charge is 0.497 e. The van der Waals surface area contributed by atoms with Gasteiger partial charge in [-0.2, -0.15) is 0 Å². The Morgan fingerprint density at radius 3 is 2.60 bits per heavy atom. The number of benzene rings is 1. The normalized spacial score (nSPS) is 20.6. The smallest absolute Gasteiger partial charge is 0.119 e. The van der Waals surface area contributed by atoms with E-state index in [0.717, 1.165) is 18.8 Å². The molecule has 0 radical (unpaired) electrons. The van der Waals surface area contributed by atoms with Gasteiger partial charge in [-0.05, 0) is 49.0 Å². The minimum atomic E-state index is 0.312. The molecule has 0 aliphatic carbocycles. The van der Waals surface area contributed by atoms with Crippen LogP contribution in [0.15, 0.2) is 24.3 Å². The quantitative estimate of drug-likeness (QED) is 0.897.